The molecule has 0 bridgehead atoms. The number of piperidine rings is 1. The lowest BCUT2D eigenvalue weighted by molar-refractivity contribution is 0.150. The second kappa shape index (κ2) is 12.7. The summed E-state index contributed by atoms with van der Waals surface area (Å²) in [4.78, 5) is 7.46. The van der Waals surface area contributed by atoms with E-state index in [4.69, 9.17) is 9.73 Å². The molecule has 182 valence electrons. The van der Waals surface area contributed by atoms with Crippen LogP contribution in [0.15, 0.2) is 35.3 Å². The number of benzene rings is 1. The van der Waals surface area contributed by atoms with Crippen LogP contribution in [0.25, 0.3) is 0 Å². The van der Waals surface area contributed by atoms with E-state index < -0.39 is 0 Å². The van der Waals surface area contributed by atoms with Crippen molar-refractivity contribution in [2.75, 3.05) is 32.8 Å². The predicted molar refractivity (Wildman–Crippen MR) is 142 cm³/mol. The standard InChI is InChI=1S/C24H37N7O.HI/c1-18(21-7-5-4-6-8-21)26-24(25-15-23-29-28-19(2)30(23)3)27-22-9-12-31(13-10-22)16-20-11-14-32-17-20;/h4-8,18,20,22H,9-17H2,1-3H3,(H2,25,26,27);1H. The van der Waals surface area contributed by atoms with Gasteiger partial charge in [0.05, 0.1) is 12.6 Å². The summed E-state index contributed by atoms with van der Waals surface area (Å²) in [6, 6.07) is 11.1. The molecule has 2 aliphatic rings. The minimum atomic E-state index is 0. The smallest absolute Gasteiger partial charge is 0.192 e. The molecule has 0 amide bonds. The quantitative estimate of drug-likeness (QED) is 0.304. The molecular weight excluding hydrogens is 529 g/mol. The van der Waals surface area contributed by atoms with Crippen molar-refractivity contribution in [3.05, 3.63) is 47.5 Å². The molecule has 2 unspecified atom stereocenters. The van der Waals surface area contributed by atoms with Crippen LogP contribution in [0.1, 0.15) is 49.4 Å². The summed E-state index contributed by atoms with van der Waals surface area (Å²) in [7, 11) is 1.98. The van der Waals surface area contributed by atoms with Gasteiger partial charge in [0.15, 0.2) is 11.8 Å². The van der Waals surface area contributed by atoms with Crippen LogP contribution in [-0.2, 0) is 18.3 Å². The summed E-state index contributed by atoms with van der Waals surface area (Å²) in [5.41, 5.74) is 1.24. The Morgan fingerprint density at radius 2 is 1.94 bits per heavy atom. The van der Waals surface area contributed by atoms with Crippen LogP contribution in [0.5, 0.6) is 0 Å². The van der Waals surface area contributed by atoms with E-state index in [1.165, 1.54) is 18.5 Å². The summed E-state index contributed by atoms with van der Waals surface area (Å²) in [5.74, 6) is 3.31. The Hall–Kier alpha value is -1.72. The van der Waals surface area contributed by atoms with Crippen LogP contribution in [0.3, 0.4) is 0 Å². The number of halogens is 1. The SMILES string of the molecule is Cc1nnc(CN=C(NC2CCN(CC3CCOC3)CC2)NC(C)c2ccccc2)n1C.I. The van der Waals surface area contributed by atoms with Crippen molar-refractivity contribution in [1.82, 2.24) is 30.3 Å². The summed E-state index contributed by atoms with van der Waals surface area (Å²) < 4.78 is 7.54. The van der Waals surface area contributed by atoms with Gasteiger partial charge < -0.3 is 24.8 Å². The maximum atomic E-state index is 5.54. The summed E-state index contributed by atoms with van der Waals surface area (Å²) in [6.07, 6.45) is 3.45. The minimum absolute atomic E-state index is 0. The number of aliphatic imine (C=N–C) groups is 1. The van der Waals surface area contributed by atoms with E-state index in [1.807, 2.05) is 24.6 Å². The Morgan fingerprint density at radius 1 is 1.18 bits per heavy atom. The third-order valence-electron chi connectivity index (χ3n) is 6.68. The molecule has 4 rings (SSSR count). The first-order chi connectivity index (χ1) is 15.6. The fourth-order valence-corrected chi connectivity index (χ4v) is 4.45. The average Bonchev–Trinajstić information content (AvgIpc) is 3.44. The Morgan fingerprint density at radius 3 is 2.58 bits per heavy atom. The second-order valence-corrected chi connectivity index (χ2v) is 9.11. The zero-order valence-electron chi connectivity index (χ0n) is 20.0. The highest BCUT2D eigenvalue weighted by Crippen LogP contribution is 2.18. The van der Waals surface area contributed by atoms with E-state index in [0.717, 1.165) is 56.8 Å². The lowest BCUT2D eigenvalue weighted by atomic mass is 10.0. The predicted octanol–water partition coefficient (Wildman–Crippen LogP) is 3.04. The molecule has 2 N–H and O–H groups in total. The molecule has 33 heavy (non-hydrogen) atoms. The first kappa shape index (κ1) is 25.9. The van der Waals surface area contributed by atoms with Crippen molar-refractivity contribution in [2.24, 2.45) is 18.0 Å². The highest BCUT2D eigenvalue weighted by Gasteiger charge is 2.24. The van der Waals surface area contributed by atoms with E-state index in [-0.39, 0.29) is 30.0 Å². The van der Waals surface area contributed by atoms with Gasteiger partial charge in [-0.2, -0.15) is 0 Å². The van der Waals surface area contributed by atoms with Gasteiger partial charge in [-0.15, -0.1) is 34.2 Å². The largest absolute Gasteiger partial charge is 0.381 e. The van der Waals surface area contributed by atoms with Crippen molar-refractivity contribution >= 4 is 29.9 Å². The summed E-state index contributed by atoms with van der Waals surface area (Å²) >= 11 is 0. The molecule has 9 heteroatoms. The molecule has 2 aromatic rings. The molecule has 8 nitrogen and oxygen atoms in total. The van der Waals surface area contributed by atoms with Gasteiger partial charge in [-0.25, -0.2) is 4.99 Å². The number of aryl methyl sites for hydroxylation is 1. The van der Waals surface area contributed by atoms with Crippen LogP contribution >= 0.6 is 24.0 Å². The normalized spacial score (nSPS) is 20.9. The number of nitrogens with one attached hydrogen (secondary N) is 2. The Bertz CT molecular complexity index is 874. The van der Waals surface area contributed by atoms with Crippen LogP contribution in [0.2, 0.25) is 0 Å². The maximum Gasteiger partial charge on any atom is 0.192 e. The zero-order valence-corrected chi connectivity index (χ0v) is 22.4. The van der Waals surface area contributed by atoms with Gasteiger partial charge in [-0.3, -0.25) is 0 Å². The van der Waals surface area contributed by atoms with E-state index in [2.05, 4.69) is 56.9 Å². The molecule has 2 atom stereocenters. The number of guanidine groups is 1. The molecule has 0 aliphatic carbocycles. The van der Waals surface area contributed by atoms with E-state index in [9.17, 15) is 0 Å². The number of hydrogen-bond acceptors (Lipinski definition) is 5. The van der Waals surface area contributed by atoms with Crippen molar-refractivity contribution in [2.45, 2.75) is 51.7 Å². The van der Waals surface area contributed by atoms with Gasteiger partial charge >= 0.3 is 0 Å². The number of rotatable bonds is 7. The first-order valence-electron chi connectivity index (χ1n) is 11.9. The van der Waals surface area contributed by atoms with Gasteiger partial charge in [-0.05, 0) is 44.6 Å². The van der Waals surface area contributed by atoms with Gasteiger partial charge in [0, 0.05) is 39.3 Å². The lowest BCUT2D eigenvalue weighted by Crippen LogP contribution is -2.49. The monoisotopic (exact) mass is 567 g/mol. The average molecular weight is 568 g/mol. The highest BCUT2D eigenvalue weighted by atomic mass is 127. The van der Waals surface area contributed by atoms with Crippen LogP contribution in [0.4, 0.5) is 0 Å². The number of likely N-dealkylation sites (tertiary alicyclic amines) is 1. The minimum Gasteiger partial charge on any atom is -0.381 e. The number of nitrogens with zero attached hydrogens (tertiary/aromatic N) is 5. The topological polar surface area (TPSA) is 79.6 Å². The molecular formula is C24H38IN7O. The molecule has 2 saturated heterocycles. The molecule has 0 saturated carbocycles. The Balaban J connectivity index is 0.00000306. The highest BCUT2D eigenvalue weighted by molar-refractivity contribution is 14.0. The zero-order chi connectivity index (χ0) is 22.3. The molecule has 0 radical (unpaired) electrons. The number of aromatic nitrogens is 3. The van der Waals surface area contributed by atoms with E-state index in [0.29, 0.717) is 18.5 Å². The first-order valence-corrected chi connectivity index (χ1v) is 11.9. The molecule has 1 aromatic heterocycles. The summed E-state index contributed by atoms with van der Waals surface area (Å²) in [5, 5.41) is 15.7. The molecule has 2 fully saturated rings. The molecule has 3 heterocycles. The fourth-order valence-electron chi connectivity index (χ4n) is 4.45. The van der Waals surface area contributed by atoms with E-state index in [1.54, 1.807) is 0 Å². The summed E-state index contributed by atoms with van der Waals surface area (Å²) in [6.45, 7) is 9.90. The second-order valence-electron chi connectivity index (χ2n) is 9.11. The van der Waals surface area contributed by atoms with E-state index >= 15 is 0 Å². The Labute approximate surface area is 214 Å². The molecule has 0 spiro atoms. The van der Waals surface area contributed by atoms with Crippen LogP contribution in [-0.4, -0.2) is 64.5 Å². The van der Waals surface area contributed by atoms with Crippen molar-refractivity contribution in [3.8, 4) is 0 Å². The van der Waals surface area contributed by atoms with Crippen molar-refractivity contribution in [3.63, 3.8) is 0 Å². The fraction of sp³-hybridized carbons (Fsp3) is 0.625. The van der Waals surface area contributed by atoms with Crippen LogP contribution in [0, 0.1) is 12.8 Å². The number of ether oxygens (including phenoxy) is 1. The van der Waals surface area contributed by atoms with Gasteiger partial charge in [0.25, 0.3) is 0 Å². The third-order valence-corrected chi connectivity index (χ3v) is 6.68. The van der Waals surface area contributed by atoms with Crippen LogP contribution < -0.4 is 10.6 Å². The maximum absolute atomic E-state index is 5.54. The lowest BCUT2D eigenvalue weighted by Gasteiger charge is -2.34. The number of hydrogen-bond donors (Lipinski definition) is 2. The van der Waals surface area contributed by atoms with Crippen molar-refractivity contribution < 1.29 is 4.74 Å². The molecule has 2 aliphatic heterocycles. The van der Waals surface area contributed by atoms with Crippen molar-refractivity contribution in [1.29, 1.82) is 0 Å². The Kier molecular flexibility index (Phi) is 9.94. The third kappa shape index (κ3) is 7.38. The van der Waals surface area contributed by atoms with Gasteiger partial charge in [0.1, 0.15) is 12.4 Å². The molecule has 1 aromatic carbocycles. The van der Waals surface area contributed by atoms with Gasteiger partial charge in [0.2, 0.25) is 0 Å². The van der Waals surface area contributed by atoms with Gasteiger partial charge in [-0.1, -0.05) is 30.3 Å².